The van der Waals surface area contributed by atoms with Crippen LogP contribution in [0.2, 0.25) is 0 Å². The predicted octanol–water partition coefficient (Wildman–Crippen LogP) is 3.83. The maximum Gasteiger partial charge on any atom is 0.122 e. The molecule has 1 atom stereocenters. The molecule has 2 rings (SSSR count). The highest BCUT2D eigenvalue weighted by molar-refractivity contribution is 5.85. The molecule has 0 amide bonds. The first-order chi connectivity index (χ1) is 8.80. The second kappa shape index (κ2) is 7.44. The summed E-state index contributed by atoms with van der Waals surface area (Å²) < 4.78 is 5.50. The second-order valence-corrected chi connectivity index (χ2v) is 4.81. The molecule has 1 unspecified atom stereocenters. The lowest BCUT2D eigenvalue weighted by atomic mass is 9.87. The average Bonchev–Trinajstić information content (AvgIpc) is 2.43. The van der Waals surface area contributed by atoms with Crippen LogP contribution in [0, 0.1) is 0 Å². The standard InChI is InChI=1S/C16H23NO.ClH/c1-4-11-17(5-2)14-10-9-13-7-6-8-16(18-3)15(13)12-14;/h4,6-8,11,14H,5,9-10,12H2,1-3H3;1H/b11-4-;. The second-order valence-electron chi connectivity index (χ2n) is 4.81. The van der Waals surface area contributed by atoms with Crippen LogP contribution >= 0.6 is 12.4 Å². The third-order valence-corrected chi connectivity index (χ3v) is 3.81. The lowest BCUT2D eigenvalue weighted by Gasteiger charge is -2.34. The fourth-order valence-electron chi connectivity index (χ4n) is 2.89. The lowest BCUT2D eigenvalue weighted by Crippen LogP contribution is -2.35. The topological polar surface area (TPSA) is 12.5 Å². The van der Waals surface area contributed by atoms with E-state index >= 15 is 0 Å². The fraction of sp³-hybridized carbons (Fsp3) is 0.500. The van der Waals surface area contributed by atoms with E-state index in [9.17, 15) is 0 Å². The van der Waals surface area contributed by atoms with Gasteiger partial charge in [0, 0.05) is 12.6 Å². The SMILES string of the molecule is C/C=C\N(CC)C1CCc2cccc(OC)c2C1.Cl. The van der Waals surface area contributed by atoms with E-state index in [1.165, 1.54) is 17.5 Å². The van der Waals surface area contributed by atoms with Crippen LogP contribution in [-0.4, -0.2) is 24.6 Å². The molecule has 2 nitrogen and oxygen atoms in total. The molecule has 0 spiro atoms. The zero-order chi connectivity index (χ0) is 13.0. The Balaban J connectivity index is 0.00000180. The summed E-state index contributed by atoms with van der Waals surface area (Å²) in [6, 6.07) is 7.02. The molecule has 0 bridgehead atoms. The smallest absolute Gasteiger partial charge is 0.122 e. The van der Waals surface area contributed by atoms with Crippen LogP contribution in [0.1, 0.15) is 31.4 Å². The van der Waals surface area contributed by atoms with Crippen molar-refractivity contribution in [3.05, 3.63) is 41.6 Å². The molecule has 106 valence electrons. The average molecular weight is 282 g/mol. The van der Waals surface area contributed by atoms with E-state index in [0.29, 0.717) is 6.04 Å². The molecule has 0 heterocycles. The van der Waals surface area contributed by atoms with Gasteiger partial charge >= 0.3 is 0 Å². The van der Waals surface area contributed by atoms with Gasteiger partial charge in [-0.2, -0.15) is 0 Å². The van der Waals surface area contributed by atoms with Crippen molar-refractivity contribution in [3.63, 3.8) is 0 Å². The van der Waals surface area contributed by atoms with Gasteiger partial charge in [-0.1, -0.05) is 18.2 Å². The minimum atomic E-state index is 0. The molecule has 3 heteroatoms. The molecule has 0 aliphatic heterocycles. The molecule has 0 N–H and O–H groups in total. The van der Waals surface area contributed by atoms with Crippen LogP contribution in [0.15, 0.2) is 30.5 Å². The Morgan fingerprint density at radius 1 is 1.42 bits per heavy atom. The highest BCUT2D eigenvalue weighted by atomic mass is 35.5. The van der Waals surface area contributed by atoms with Crippen molar-refractivity contribution in [3.8, 4) is 5.75 Å². The van der Waals surface area contributed by atoms with Crippen molar-refractivity contribution in [2.24, 2.45) is 0 Å². The lowest BCUT2D eigenvalue weighted by molar-refractivity contribution is 0.260. The van der Waals surface area contributed by atoms with Crippen molar-refractivity contribution in [2.75, 3.05) is 13.7 Å². The van der Waals surface area contributed by atoms with Crippen LogP contribution in [0.5, 0.6) is 5.75 Å². The number of nitrogens with zero attached hydrogens (tertiary/aromatic N) is 1. The summed E-state index contributed by atoms with van der Waals surface area (Å²) in [6.45, 7) is 5.37. The summed E-state index contributed by atoms with van der Waals surface area (Å²) in [5.74, 6) is 1.05. The van der Waals surface area contributed by atoms with Crippen LogP contribution in [0.25, 0.3) is 0 Å². The number of likely N-dealkylation sites (N-methyl/N-ethyl adjacent to an activating group) is 1. The van der Waals surface area contributed by atoms with Crippen LogP contribution in [0.3, 0.4) is 0 Å². The summed E-state index contributed by atoms with van der Waals surface area (Å²) >= 11 is 0. The number of rotatable bonds is 4. The van der Waals surface area contributed by atoms with Crippen LogP contribution in [0.4, 0.5) is 0 Å². The Kier molecular flexibility index (Phi) is 6.23. The van der Waals surface area contributed by atoms with Gasteiger partial charge in [-0.25, -0.2) is 0 Å². The van der Waals surface area contributed by atoms with Crippen molar-refractivity contribution < 1.29 is 4.74 Å². The van der Waals surface area contributed by atoms with Gasteiger partial charge in [0.05, 0.1) is 7.11 Å². The van der Waals surface area contributed by atoms with Gasteiger partial charge in [0.25, 0.3) is 0 Å². The number of benzene rings is 1. The van der Waals surface area contributed by atoms with Crippen molar-refractivity contribution in [2.45, 2.75) is 39.2 Å². The van der Waals surface area contributed by atoms with Gasteiger partial charge < -0.3 is 9.64 Å². The third kappa shape index (κ3) is 3.44. The first kappa shape index (κ1) is 15.9. The van der Waals surface area contributed by atoms with Crippen molar-refractivity contribution in [1.82, 2.24) is 4.90 Å². The zero-order valence-electron chi connectivity index (χ0n) is 12.1. The Morgan fingerprint density at radius 2 is 2.21 bits per heavy atom. The summed E-state index contributed by atoms with van der Waals surface area (Å²) in [5.41, 5.74) is 2.86. The summed E-state index contributed by atoms with van der Waals surface area (Å²) in [6.07, 6.45) is 7.83. The number of hydrogen-bond acceptors (Lipinski definition) is 2. The first-order valence-corrected chi connectivity index (χ1v) is 6.83. The maximum atomic E-state index is 5.50. The van der Waals surface area contributed by atoms with Crippen molar-refractivity contribution in [1.29, 1.82) is 0 Å². The van der Waals surface area contributed by atoms with Gasteiger partial charge in [0.1, 0.15) is 5.75 Å². The number of ether oxygens (including phenoxy) is 1. The highest BCUT2D eigenvalue weighted by Gasteiger charge is 2.23. The maximum absolute atomic E-state index is 5.50. The minimum absolute atomic E-state index is 0. The van der Waals surface area contributed by atoms with Crippen LogP contribution < -0.4 is 4.74 Å². The van der Waals surface area contributed by atoms with E-state index in [1.807, 2.05) is 0 Å². The van der Waals surface area contributed by atoms with Crippen LogP contribution in [-0.2, 0) is 12.8 Å². The number of methoxy groups -OCH3 is 1. The van der Waals surface area contributed by atoms with E-state index in [0.717, 1.165) is 25.1 Å². The zero-order valence-corrected chi connectivity index (χ0v) is 12.9. The van der Waals surface area contributed by atoms with E-state index in [2.05, 4.69) is 49.2 Å². The number of aryl methyl sites for hydroxylation is 1. The number of fused-ring (bicyclic) bond motifs is 1. The molecule has 0 radical (unpaired) electrons. The molecular weight excluding hydrogens is 258 g/mol. The van der Waals surface area contributed by atoms with Gasteiger partial charge in [0.15, 0.2) is 0 Å². The van der Waals surface area contributed by atoms with Gasteiger partial charge in [-0.3, -0.25) is 0 Å². The summed E-state index contributed by atoms with van der Waals surface area (Å²) in [4.78, 5) is 2.44. The Labute approximate surface area is 122 Å². The van der Waals surface area contributed by atoms with Crippen molar-refractivity contribution >= 4 is 12.4 Å². The monoisotopic (exact) mass is 281 g/mol. The van der Waals surface area contributed by atoms with Gasteiger partial charge in [-0.05, 0) is 56.5 Å². The fourth-order valence-corrected chi connectivity index (χ4v) is 2.89. The number of allylic oxidation sites excluding steroid dienone is 1. The Hall–Kier alpha value is -1.15. The molecule has 0 saturated carbocycles. The predicted molar refractivity (Wildman–Crippen MR) is 83.2 cm³/mol. The Bertz CT molecular complexity index is 417. The summed E-state index contributed by atoms with van der Waals surface area (Å²) in [7, 11) is 1.77. The Morgan fingerprint density at radius 3 is 2.84 bits per heavy atom. The molecule has 1 aromatic rings. The number of hydrogen-bond donors (Lipinski definition) is 0. The highest BCUT2D eigenvalue weighted by Crippen LogP contribution is 2.31. The third-order valence-electron chi connectivity index (χ3n) is 3.81. The molecule has 1 aliphatic carbocycles. The van der Waals surface area contributed by atoms with E-state index in [4.69, 9.17) is 4.74 Å². The first-order valence-electron chi connectivity index (χ1n) is 6.83. The normalized spacial score (nSPS) is 17.7. The van der Waals surface area contributed by atoms with E-state index < -0.39 is 0 Å². The minimum Gasteiger partial charge on any atom is -0.496 e. The van der Waals surface area contributed by atoms with Gasteiger partial charge in [0.2, 0.25) is 0 Å². The van der Waals surface area contributed by atoms with E-state index in [-0.39, 0.29) is 12.4 Å². The molecule has 0 fully saturated rings. The quantitative estimate of drug-likeness (QED) is 0.832. The molecule has 0 saturated heterocycles. The largest absolute Gasteiger partial charge is 0.496 e. The number of halogens is 1. The summed E-state index contributed by atoms with van der Waals surface area (Å²) in [5, 5.41) is 0. The molecule has 19 heavy (non-hydrogen) atoms. The van der Waals surface area contributed by atoms with Gasteiger partial charge in [-0.15, -0.1) is 12.4 Å². The molecular formula is C16H24ClNO. The van der Waals surface area contributed by atoms with E-state index in [1.54, 1.807) is 7.11 Å². The molecule has 1 aromatic carbocycles. The molecule has 0 aromatic heterocycles. The molecule has 1 aliphatic rings.